The molecule has 2 aliphatic heterocycles. The fraction of sp³-hybridized carbons (Fsp3) is 0.235. The van der Waals surface area contributed by atoms with Crippen LogP contribution in [0.1, 0.15) is 29.0 Å². The SMILES string of the molecule is O=C1CC(c2cccc(C(F)(F)F)c2)c2cc3c(cc2N1)OCO3. The van der Waals surface area contributed by atoms with Gasteiger partial charge in [0.2, 0.25) is 12.7 Å². The smallest absolute Gasteiger partial charge is 0.416 e. The Morgan fingerprint density at radius 2 is 1.83 bits per heavy atom. The molecule has 7 heteroatoms. The van der Waals surface area contributed by atoms with Crippen molar-refractivity contribution >= 4 is 11.6 Å². The Balaban J connectivity index is 1.81. The number of ether oxygens (including phenoxy) is 2. The number of hydrogen-bond acceptors (Lipinski definition) is 3. The van der Waals surface area contributed by atoms with Crippen LogP contribution in [0.15, 0.2) is 36.4 Å². The van der Waals surface area contributed by atoms with Crippen molar-refractivity contribution in [3.63, 3.8) is 0 Å². The predicted molar refractivity (Wildman–Crippen MR) is 79.1 cm³/mol. The maximum absolute atomic E-state index is 13.0. The summed E-state index contributed by atoms with van der Waals surface area (Å²) >= 11 is 0. The average Bonchev–Trinajstić information content (AvgIpc) is 2.98. The summed E-state index contributed by atoms with van der Waals surface area (Å²) in [6.45, 7) is 0.0837. The molecule has 1 N–H and O–H groups in total. The molecular weight excluding hydrogens is 323 g/mol. The van der Waals surface area contributed by atoms with E-state index in [-0.39, 0.29) is 19.1 Å². The second-order valence-electron chi connectivity index (χ2n) is 5.72. The van der Waals surface area contributed by atoms with Gasteiger partial charge in [-0.05, 0) is 23.3 Å². The monoisotopic (exact) mass is 335 g/mol. The summed E-state index contributed by atoms with van der Waals surface area (Å²) < 4.78 is 49.5. The molecule has 0 spiro atoms. The second-order valence-corrected chi connectivity index (χ2v) is 5.72. The number of hydrogen-bond donors (Lipinski definition) is 1. The maximum Gasteiger partial charge on any atom is 0.416 e. The molecule has 4 rings (SSSR count). The van der Waals surface area contributed by atoms with E-state index in [4.69, 9.17) is 9.47 Å². The molecule has 1 amide bonds. The number of benzene rings is 2. The zero-order chi connectivity index (χ0) is 16.9. The molecule has 24 heavy (non-hydrogen) atoms. The number of alkyl halides is 3. The Bertz CT molecular complexity index is 832. The van der Waals surface area contributed by atoms with Crippen LogP contribution >= 0.6 is 0 Å². The number of fused-ring (bicyclic) bond motifs is 2. The van der Waals surface area contributed by atoms with E-state index in [9.17, 15) is 18.0 Å². The quantitative estimate of drug-likeness (QED) is 0.860. The number of amides is 1. The Labute approximate surface area is 135 Å². The van der Waals surface area contributed by atoms with E-state index >= 15 is 0 Å². The van der Waals surface area contributed by atoms with E-state index in [0.717, 1.165) is 17.7 Å². The first-order valence-electron chi connectivity index (χ1n) is 7.32. The fourth-order valence-electron chi connectivity index (χ4n) is 3.08. The first kappa shape index (κ1) is 14.9. The van der Waals surface area contributed by atoms with Crippen LogP contribution in [0, 0.1) is 0 Å². The molecule has 0 aromatic heterocycles. The fourth-order valence-corrected chi connectivity index (χ4v) is 3.08. The molecule has 124 valence electrons. The third-order valence-electron chi connectivity index (χ3n) is 4.20. The Morgan fingerprint density at radius 3 is 2.58 bits per heavy atom. The summed E-state index contributed by atoms with van der Waals surface area (Å²) in [7, 11) is 0. The van der Waals surface area contributed by atoms with E-state index in [1.54, 1.807) is 18.2 Å². The number of carbonyl (C=O) groups is 1. The minimum absolute atomic E-state index is 0.0773. The van der Waals surface area contributed by atoms with Gasteiger partial charge in [0, 0.05) is 24.1 Å². The highest BCUT2D eigenvalue weighted by Crippen LogP contribution is 2.45. The lowest BCUT2D eigenvalue weighted by Crippen LogP contribution is -2.23. The highest BCUT2D eigenvalue weighted by atomic mass is 19.4. The van der Waals surface area contributed by atoms with Gasteiger partial charge in [0.15, 0.2) is 11.5 Å². The lowest BCUT2D eigenvalue weighted by molar-refractivity contribution is -0.137. The van der Waals surface area contributed by atoms with Crippen molar-refractivity contribution < 1.29 is 27.4 Å². The molecule has 1 atom stereocenters. The lowest BCUT2D eigenvalue weighted by Gasteiger charge is -2.26. The molecule has 2 heterocycles. The van der Waals surface area contributed by atoms with Gasteiger partial charge >= 0.3 is 6.18 Å². The molecule has 2 aromatic carbocycles. The zero-order valence-corrected chi connectivity index (χ0v) is 12.3. The molecule has 0 fully saturated rings. The Morgan fingerprint density at radius 1 is 1.08 bits per heavy atom. The topological polar surface area (TPSA) is 47.6 Å². The minimum atomic E-state index is -4.43. The first-order valence-corrected chi connectivity index (χ1v) is 7.32. The van der Waals surface area contributed by atoms with Crippen molar-refractivity contribution in [2.45, 2.75) is 18.5 Å². The van der Waals surface area contributed by atoms with Crippen molar-refractivity contribution in [1.29, 1.82) is 0 Å². The van der Waals surface area contributed by atoms with Crippen LogP contribution in [0.2, 0.25) is 0 Å². The first-order chi connectivity index (χ1) is 11.4. The van der Waals surface area contributed by atoms with Crippen LogP contribution in [0.5, 0.6) is 11.5 Å². The third-order valence-corrected chi connectivity index (χ3v) is 4.20. The molecule has 1 unspecified atom stereocenters. The number of halogens is 3. The summed E-state index contributed by atoms with van der Waals surface area (Å²) in [5.41, 5.74) is 0.976. The molecular formula is C17H12F3NO3. The average molecular weight is 335 g/mol. The Kier molecular flexibility index (Phi) is 3.19. The molecule has 0 saturated heterocycles. The van der Waals surface area contributed by atoms with Crippen molar-refractivity contribution in [2.24, 2.45) is 0 Å². The second kappa shape index (κ2) is 5.15. The third kappa shape index (κ3) is 2.46. The molecule has 0 saturated carbocycles. The normalized spacial score (nSPS) is 19.0. The van der Waals surface area contributed by atoms with Gasteiger partial charge in [-0.25, -0.2) is 0 Å². The largest absolute Gasteiger partial charge is 0.454 e. The van der Waals surface area contributed by atoms with Gasteiger partial charge < -0.3 is 14.8 Å². The van der Waals surface area contributed by atoms with Crippen LogP contribution in [-0.4, -0.2) is 12.7 Å². The van der Waals surface area contributed by atoms with Gasteiger partial charge in [0.25, 0.3) is 0 Å². The lowest BCUT2D eigenvalue weighted by atomic mass is 9.84. The van der Waals surface area contributed by atoms with Gasteiger partial charge in [-0.2, -0.15) is 13.2 Å². The van der Waals surface area contributed by atoms with E-state index in [2.05, 4.69) is 5.32 Å². The predicted octanol–water partition coefficient (Wildman–Crippen LogP) is 3.91. The highest BCUT2D eigenvalue weighted by Gasteiger charge is 2.33. The van der Waals surface area contributed by atoms with Crippen molar-refractivity contribution in [1.82, 2.24) is 0 Å². The molecule has 0 bridgehead atoms. The standard InChI is InChI=1S/C17H12F3NO3/c18-17(19,20)10-3-1-2-9(4-10)11-6-16(22)21-13-7-15-14(5-12(11)13)23-8-24-15/h1-5,7,11H,6,8H2,(H,21,22). The van der Waals surface area contributed by atoms with Crippen LogP contribution in [0.3, 0.4) is 0 Å². The van der Waals surface area contributed by atoms with E-state index < -0.39 is 17.7 Å². The number of carbonyl (C=O) groups excluding carboxylic acids is 1. The molecule has 2 aromatic rings. The summed E-state index contributed by atoms with van der Waals surface area (Å²) in [4.78, 5) is 12.0. The van der Waals surface area contributed by atoms with Crippen molar-refractivity contribution in [3.8, 4) is 11.5 Å². The Hall–Kier alpha value is -2.70. The van der Waals surface area contributed by atoms with Gasteiger partial charge in [-0.15, -0.1) is 0 Å². The van der Waals surface area contributed by atoms with E-state index in [0.29, 0.717) is 22.7 Å². The van der Waals surface area contributed by atoms with E-state index in [1.807, 2.05) is 0 Å². The summed E-state index contributed by atoms with van der Waals surface area (Å²) in [5.74, 6) is 0.329. The van der Waals surface area contributed by atoms with Crippen LogP contribution < -0.4 is 14.8 Å². The summed E-state index contributed by atoms with van der Waals surface area (Å²) in [6.07, 6.45) is -4.35. The van der Waals surface area contributed by atoms with Crippen LogP contribution in [0.4, 0.5) is 18.9 Å². The molecule has 4 nitrogen and oxygen atoms in total. The molecule has 2 aliphatic rings. The minimum Gasteiger partial charge on any atom is -0.454 e. The number of anilines is 1. The van der Waals surface area contributed by atoms with Gasteiger partial charge in [-0.1, -0.05) is 18.2 Å². The van der Waals surface area contributed by atoms with Gasteiger partial charge in [-0.3, -0.25) is 4.79 Å². The highest BCUT2D eigenvalue weighted by molar-refractivity contribution is 5.96. The summed E-state index contributed by atoms with van der Waals surface area (Å²) in [5, 5.41) is 2.74. The number of rotatable bonds is 1. The van der Waals surface area contributed by atoms with Crippen LogP contribution in [-0.2, 0) is 11.0 Å². The summed E-state index contributed by atoms with van der Waals surface area (Å²) in [6, 6.07) is 8.45. The van der Waals surface area contributed by atoms with Crippen molar-refractivity contribution in [2.75, 3.05) is 12.1 Å². The molecule has 0 aliphatic carbocycles. The van der Waals surface area contributed by atoms with Gasteiger partial charge in [0.1, 0.15) is 0 Å². The van der Waals surface area contributed by atoms with Gasteiger partial charge in [0.05, 0.1) is 5.56 Å². The zero-order valence-electron chi connectivity index (χ0n) is 12.3. The van der Waals surface area contributed by atoms with E-state index in [1.165, 1.54) is 6.07 Å². The molecule has 0 radical (unpaired) electrons. The van der Waals surface area contributed by atoms with Crippen molar-refractivity contribution in [3.05, 3.63) is 53.1 Å². The number of nitrogens with one attached hydrogen (secondary N) is 1. The maximum atomic E-state index is 13.0. The van der Waals surface area contributed by atoms with Crippen LogP contribution in [0.25, 0.3) is 0 Å².